The first-order chi connectivity index (χ1) is 23.6. The van der Waals surface area contributed by atoms with E-state index in [0.717, 1.165) is 38.7 Å². The van der Waals surface area contributed by atoms with Crippen LogP contribution in [0, 0.1) is 0 Å². The number of fused-ring (bicyclic) bond motifs is 3. The first-order valence-electron chi connectivity index (χ1n) is 15.8. The van der Waals surface area contributed by atoms with Crippen LogP contribution < -0.4 is 29.6 Å². The third-order valence-corrected chi connectivity index (χ3v) is 10.7. The van der Waals surface area contributed by atoms with Gasteiger partial charge in [-0.15, -0.1) is 0 Å². The molecule has 0 bridgehead atoms. The number of benzene rings is 6. The predicted molar refractivity (Wildman–Crippen MR) is 195 cm³/mol. The summed E-state index contributed by atoms with van der Waals surface area (Å²) in [7, 11) is -3.85. The molecule has 0 spiro atoms. The van der Waals surface area contributed by atoms with Gasteiger partial charge in [-0.25, -0.2) is 17.4 Å². The van der Waals surface area contributed by atoms with Crippen molar-refractivity contribution >= 4 is 44.0 Å². The van der Waals surface area contributed by atoms with Gasteiger partial charge in [0, 0.05) is 17.0 Å². The van der Waals surface area contributed by atoms with Gasteiger partial charge in [-0.3, -0.25) is 0 Å². The van der Waals surface area contributed by atoms with E-state index >= 15 is 0 Å². The Morgan fingerprint density at radius 3 is 1.67 bits per heavy atom. The van der Waals surface area contributed by atoms with Gasteiger partial charge < -0.3 is 5.99 Å². The van der Waals surface area contributed by atoms with Crippen molar-refractivity contribution < 1.29 is 39.4 Å². The minimum atomic E-state index is -3.85. The van der Waals surface area contributed by atoms with E-state index in [4.69, 9.17) is 4.98 Å². The monoisotopic (exact) mass is 665 g/mol. The number of rotatable bonds is 8. The molecule has 0 aliphatic carbocycles. The largest absolute Gasteiger partial charge is 1.00 e. The van der Waals surface area contributed by atoms with Crippen molar-refractivity contribution in [2.45, 2.75) is 10.4 Å². The number of hydrogen-bond acceptors (Lipinski definition) is 3. The van der Waals surface area contributed by atoms with E-state index in [-0.39, 0.29) is 35.9 Å². The average Bonchev–Trinajstić information content (AvgIpc) is 3.76. The molecule has 0 atom stereocenters. The van der Waals surface area contributed by atoms with Gasteiger partial charge in [0.1, 0.15) is 5.54 Å². The van der Waals surface area contributed by atoms with Gasteiger partial charge in [-0.05, 0) is 52.6 Å². The fourth-order valence-electron chi connectivity index (χ4n) is 6.79. The molecule has 2 heterocycles. The second-order valence-electron chi connectivity index (χ2n) is 11.7. The fraction of sp³-hybridized carbons (Fsp3) is 0.0238. The quantitative estimate of drug-likeness (QED) is 0.140. The van der Waals surface area contributed by atoms with Crippen molar-refractivity contribution in [3.8, 4) is 0 Å². The maximum atomic E-state index is 14.0. The van der Waals surface area contributed by atoms with E-state index in [1.165, 1.54) is 3.97 Å². The van der Waals surface area contributed by atoms with Crippen LogP contribution in [0.25, 0.3) is 34.0 Å². The Morgan fingerprint density at radius 2 is 1.08 bits per heavy atom. The summed E-state index contributed by atoms with van der Waals surface area (Å²) in [6, 6.07) is 53.7. The first kappa shape index (κ1) is 32.6. The summed E-state index contributed by atoms with van der Waals surface area (Å²) in [6.45, 7) is 0. The van der Waals surface area contributed by atoms with E-state index in [1.807, 2.05) is 85.2 Å². The van der Waals surface area contributed by atoms with Crippen LogP contribution in [0.15, 0.2) is 181 Å². The van der Waals surface area contributed by atoms with Crippen LogP contribution >= 0.6 is 0 Å². The Balaban J connectivity index is 0.00000216. The smallest absolute Gasteiger partial charge is 1.00 e. The zero-order chi connectivity index (χ0) is 32.6. The van der Waals surface area contributed by atoms with Crippen LogP contribution in [-0.4, -0.2) is 21.9 Å². The molecule has 0 saturated heterocycles. The van der Waals surface area contributed by atoms with Crippen molar-refractivity contribution in [2.24, 2.45) is 0 Å². The number of imidazole rings is 1. The SMILES string of the molecule is O=S(=O)(c1ccccc1)n1c2ccccc2c2ccc(/C=C/c3cn(C(c4ccccc4)(c4ccccc4)c4ccccc4)cn3)cc21.[H-].[Na+]. The molecule has 0 N–H and O–H groups in total. The van der Waals surface area contributed by atoms with Gasteiger partial charge >= 0.3 is 29.6 Å². The Morgan fingerprint density at radius 1 is 0.571 bits per heavy atom. The van der Waals surface area contributed by atoms with Crippen molar-refractivity contribution in [3.63, 3.8) is 0 Å². The molecular weight excluding hydrogens is 634 g/mol. The van der Waals surface area contributed by atoms with Crippen LogP contribution in [-0.2, 0) is 15.6 Å². The van der Waals surface area contributed by atoms with Gasteiger partial charge in [0.15, 0.2) is 0 Å². The molecule has 0 saturated carbocycles. The Kier molecular flexibility index (Phi) is 8.97. The maximum Gasteiger partial charge on any atom is 1.00 e. The molecule has 5 nitrogen and oxygen atoms in total. The summed E-state index contributed by atoms with van der Waals surface area (Å²) in [4.78, 5) is 5.09. The summed E-state index contributed by atoms with van der Waals surface area (Å²) < 4.78 is 31.6. The summed E-state index contributed by atoms with van der Waals surface area (Å²) in [6.07, 6.45) is 7.92. The molecule has 0 radical (unpaired) electrons. The third-order valence-electron chi connectivity index (χ3n) is 8.95. The molecule has 6 aromatic carbocycles. The van der Waals surface area contributed by atoms with Crippen LogP contribution in [0.2, 0.25) is 0 Å². The standard InChI is InChI=1S/C42H31N3O2S.Na.H/c46-48(47,37-21-11-4-12-22-37)45-40-24-14-13-23-38(40)39-28-26-32(29-41(39)45)25-27-36-30-44(31-43-36)42(33-15-5-1-6-16-33,34-17-7-2-8-18-34)35-19-9-3-10-20-35;;/h1-31H;;/q;+1;-1/b27-25+;;. The van der Waals surface area contributed by atoms with Crippen LogP contribution in [0.3, 0.4) is 0 Å². The molecule has 0 aliphatic rings. The van der Waals surface area contributed by atoms with Crippen LogP contribution in [0.1, 0.15) is 29.4 Å². The molecule has 0 fully saturated rings. The number of para-hydroxylation sites is 1. The topological polar surface area (TPSA) is 56.9 Å². The van der Waals surface area contributed by atoms with Crippen molar-refractivity contribution in [3.05, 3.63) is 204 Å². The van der Waals surface area contributed by atoms with E-state index in [9.17, 15) is 8.42 Å². The molecular formula is C42H32N3NaO2S. The molecule has 0 aliphatic heterocycles. The van der Waals surface area contributed by atoms with Gasteiger partial charge in [0.25, 0.3) is 10.0 Å². The van der Waals surface area contributed by atoms with Gasteiger partial charge in [0.05, 0.1) is 28.0 Å². The molecule has 234 valence electrons. The maximum absolute atomic E-state index is 14.0. The molecule has 0 amide bonds. The van der Waals surface area contributed by atoms with E-state index in [0.29, 0.717) is 11.0 Å². The Labute approximate surface area is 309 Å². The summed E-state index contributed by atoms with van der Waals surface area (Å²) in [5.41, 5.74) is 5.62. The van der Waals surface area contributed by atoms with E-state index in [1.54, 1.807) is 24.3 Å². The average molecular weight is 666 g/mol. The van der Waals surface area contributed by atoms with E-state index in [2.05, 4.69) is 83.6 Å². The Hall–Kier alpha value is -4.98. The Bertz CT molecular complexity index is 2420. The number of hydrogen-bond donors (Lipinski definition) is 0. The number of aromatic nitrogens is 3. The molecule has 2 aromatic heterocycles. The van der Waals surface area contributed by atoms with Gasteiger partial charge in [0.2, 0.25) is 0 Å². The molecule has 49 heavy (non-hydrogen) atoms. The fourth-order valence-corrected chi connectivity index (χ4v) is 8.33. The third kappa shape index (κ3) is 5.67. The van der Waals surface area contributed by atoms with Gasteiger partial charge in [-0.1, -0.05) is 146 Å². The van der Waals surface area contributed by atoms with Crippen molar-refractivity contribution in [1.29, 1.82) is 0 Å². The van der Waals surface area contributed by atoms with Gasteiger partial charge in [-0.2, -0.15) is 0 Å². The predicted octanol–water partition coefficient (Wildman–Crippen LogP) is 6.36. The van der Waals surface area contributed by atoms with Crippen molar-refractivity contribution in [2.75, 3.05) is 0 Å². The van der Waals surface area contributed by atoms with Crippen LogP contribution in [0.5, 0.6) is 0 Å². The molecule has 7 heteroatoms. The summed E-state index contributed by atoms with van der Waals surface area (Å²) >= 11 is 0. The first-order valence-corrected chi connectivity index (χ1v) is 17.2. The molecule has 0 unspecified atom stereocenters. The summed E-state index contributed by atoms with van der Waals surface area (Å²) in [5, 5.41) is 1.77. The second kappa shape index (κ2) is 13.5. The zero-order valence-electron chi connectivity index (χ0n) is 28.0. The molecule has 8 aromatic rings. The normalized spacial score (nSPS) is 12.0. The van der Waals surface area contributed by atoms with Crippen molar-refractivity contribution in [1.82, 2.24) is 13.5 Å². The second-order valence-corrected chi connectivity index (χ2v) is 13.5. The van der Waals surface area contributed by atoms with Crippen LogP contribution in [0.4, 0.5) is 0 Å². The number of nitrogens with zero attached hydrogens (tertiary/aromatic N) is 3. The zero-order valence-corrected chi connectivity index (χ0v) is 29.8. The summed E-state index contributed by atoms with van der Waals surface area (Å²) in [5.74, 6) is 0. The minimum Gasteiger partial charge on any atom is -1.00 e. The minimum absolute atomic E-state index is 0. The van der Waals surface area contributed by atoms with E-state index < -0.39 is 15.6 Å². The molecule has 8 rings (SSSR count).